The summed E-state index contributed by atoms with van der Waals surface area (Å²) in [5.74, 6) is -0.380. The third-order valence-electron chi connectivity index (χ3n) is 4.37. The van der Waals surface area contributed by atoms with E-state index in [1.54, 1.807) is 67.6 Å². The zero-order chi connectivity index (χ0) is 22.4. The van der Waals surface area contributed by atoms with Crippen molar-refractivity contribution in [2.24, 2.45) is 0 Å². The molecule has 0 aliphatic heterocycles. The topological polar surface area (TPSA) is 78.5 Å². The third kappa shape index (κ3) is 5.61. The van der Waals surface area contributed by atoms with Crippen LogP contribution in [-0.4, -0.2) is 26.0 Å². The van der Waals surface area contributed by atoms with Gasteiger partial charge in [0, 0.05) is 22.8 Å². The molecule has 3 aromatic carbocycles. The summed E-state index contributed by atoms with van der Waals surface area (Å²) < 4.78 is 27.4. The van der Waals surface area contributed by atoms with E-state index in [9.17, 15) is 13.2 Å². The molecule has 0 spiro atoms. The van der Waals surface area contributed by atoms with Gasteiger partial charge in [-0.25, -0.2) is 8.42 Å². The minimum absolute atomic E-state index is 0.0926. The first-order chi connectivity index (χ1) is 14.8. The Labute approximate surface area is 191 Å². The van der Waals surface area contributed by atoms with Crippen molar-refractivity contribution in [1.29, 1.82) is 0 Å². The van der Waals surface area contributed by atoms with Crippen molar-refractivity contribution >= 4 is 56.2 Å². The highest BCUT2D eigenvalue weighted by Gasteiger charge is 2.23. The molecule has 0 saturated heterocycles. The monoisotopic (exact) mass is 473 g/mol. The predicted octanol–water partition coefficient (Wildman–Crippen LogP) is 4.68. The Kier molecular flexibility index (Phi) is 7.27. The number of nitrogens with one attached hydrogen (secondary N) is 2. The number of carbonyl (C=O) groups excluding carboxylic acids is 1. The summed E-state index contributed by atoms with van der Waals surface area (Å²) in [5.41, 5.74) is 1.55. The van der Waals surface area contributed by atoms with Gasteiger partial charge in [0.2, 0.25) is 0 Å². The van der Waals surface area contributed by atoms with Crippen LogP contribution in [0.3, 0.4) is 0 Å². The van der Waals surface area contributed by atoms with E-state index in [1.807, 2.05) is 6.07 Å². The Morgan fingerprint density at radius 2 is 1.58 bits per heavy atom. The summed E-state index contributed by atoms with van der Waals surface area (Å²) in [6.07, 6.45) is 0. The molecule has 0 saturated carbocycles. The first-order valence-corrected chi connectivity index (χ1v) is 11.6. The molecule has 9 heteroatoms. The van der Waals surface area contributed by atoms with Gasteiger partial charge in [-0.15, -0.1) is 0 Å². The maximum atomic E-state index is 13.0. The van der Waals surface area contributed by atoms with Crippen molar-refractivity contribution in [2.45, 2.75) is 11.8 Å². The molecule has 0 atom stereocenters. The zero-order valence-electron chi connectivity index (χ0n) is 16.6. The van der Waals surface area contributed by atoms with Crippen LogP contribution in [0.4, 0.5) is 11.4 Å². The van der Waals surface area contributed by atoms with Gasteiger partial charge in [0.15, 0.2) is 5.11 Å². The number of sulfonamides is 1. The van der Waals surface area contributed by atoms with E-state index < -0.39 is 10.0 Å². The van der Waals surface area contributed by atoms with Crippen molar-refractivity contribution in [2.75, 3.05) is 16.2 Å². The number of nitrogens with zero attached hydrogens (tertiary/aromatic N) is 1. The molecule has 0 radical (unpaired) electrons. The second-order valence-corrected chi connectivity index (χ2v) is 9.15. The van der Waals surface area contributed by atoms with Crippen molar-refractivity contribution in [3.05, 3.63) is 89.4 Å². The minimum atomic E-state index is -3.72. The maximum absolute atomic E-state index is 13.0. The highest BCUT2D eigenvalue weighted by atomic mass is 35.5. The predicted molar refractivity (Wildman–Crippen MR) is 128 cm³/mol. The van der Waals surface area contributed by atoms with E-state index in [0.717, 1.165) is 0 Å². The Hall–Kier alpha value is -2.94. The first kappa shape index (κ1) is 22.7. The molecule has 1 amide bonds. The van der Waals surface area contributed by atoms with Crippen LogP contribution in [0.5, 0.6) is 0 Å². The lowest BCUT2D eigenvalue weighted by Gasteiger charge is -2.23. The maximum Gasteiger partial charge on any atom is 0.264 e. The van der Waals surface area contributed by atoms with Gasteiger partial charge in [-0.3, -0.25) is 14.4 Å². The molecule has 0 aliphatic carbocycles. The summed E-state index contributed by atoms with van der Waals surface area (Å²) in [6, 6.07) is 21.5. The van der Waals surface area contributed by atoms with E-state index in [2.05, 4.69) is 10.6 Å². The van der Waals surface area contributed by atoms with Gasteiger partial charge in [-0.05, 0) is 79.8 Å². The van der Waals surface area contributed by atoms with Crippen LogP contribution in [0.2, 0.25) is 5.02 Å². The highest BCUT2D eigenvalue weighted by molar-refractivity contribution is 7.92. The number of benzene rings is 3. The van der Waals surface area contributed by atoms with Crippen LogP contribution in [0.1, 0.15) is 17.3 Å². The second kappa shape index (κ2) is 9.91. The number of rotatable bonds is 6. The van der Waals surface area contributed by atoms with Crippen LogP contribution in [-0.2, 0) is 10.0 Å². The number of hydrogen-bond acceptors (Lipinski definition) is 4. The average Bonchev–Trinajstić information content (AvgIpc) is 2.75. The fraction of sp³-hybridized carbons (Fsp3) is 0.0909. The molecule has 3 aromatic rings. The first-order valence-electron chi connectivity index (χ1n) is 9.37. The number of para-hydroxylation sites is 1. The standard InChI is InChI=1S/C22H20ClN3O3S2/c1-2-26(19-6-4-3-5-7-19)31(28,29)20-14-12-18(13-15-20)24-22(30)25-21(27)16-8-10-17(23)11-9-16/h3-15H,2H2,1H3,(H2,24,25,27,30). The number of amides is 1. The van der Waals surface area contributed by atoms with E-state index in [-0.39, 0.29) is 15.9 Å². The zero-order valence-corrected chi connectivity index (χ0v) is 19.0. The molecule has 3 rings (SSSR count). The van der Waals surface area contributed by atoms with Crippen molar-refractivity contribution in [1.82, 2.24) is 5.32 Å². The number of anilines is 2. The Balaban J connectivity index is 1.68. The third-order valence-corrected chi connectivity index (χ3v) is 6.74. The van der Waals surface area contributed by atoms with Gasteiger partial charge in [0.25, 0.3) is 15.9 Å². The van der Waals surface area contributed by atoms with Crippen molar-refractivity contribution < 1.29 is 13.2 Å². The molecular weight excluding hydrogens is 454 g/mol. The minimum Gasteiger partial charge on any atom is -0.332 e. The van der Waals surface area contributed by atoms with Crippen LogP contribution in [0.15, 0.2) is 83.8 Å². The Morgan fingerprint density at radius 3 is 2.16 bits per heavy atom. The molecule has 0 unspecified atom stereocenters. The van der Waals surface area contributed by atoms with E-state index in [0.29, 0.717) is 28.5 Å². The lowest BCUT2D eigenvalue weighted by Crippen LogP contribution is -2.34. The Morgan fingerprint density at radius 1 is 0.968 bits per heavy atom. The lowest BCUT2D eigenvalue weighted by molar-refractivity contribution is 0.0977. The molecule has 2 N–H and O–H groups in total. The molecule has 0 aliphatic rings. The van der Waals surface area contributed by atoms with E-state index >= 15 is 0 Å². The number of hydrogen-bond donors (Lipinski definition) is 2. The van der Waals surface area contributed by atoms with E-state index in [4.69, 9.17) is 23.8 Å². The number of halogens is 1. The summed E-state index contributed by atoms with van der Waals surface area (Å²) in [7, 11) is -3.72. The van der Waals surface area contributed by atoms with E-state index in [1.165, 1.54) is 16.4 Å². The molecule has 160 valence electrons. The van der Waals surface area contributed by atoms with Gasteiger partial charge in [0.1, 0.15) is 0 Å². The normalized spacial score (nSPS) is 10.9. The summed E-state index contributed by atoms with van der Waals surface area (Å²) >= 11 is 11.0. The van der Waals surface area contributed by atoms with Crippen molar-refractivity contribution in [3.63, 3.8) is 0 Å². The molecule has 0 bridgehead atoms. The average molecular weight is 474 g/mol. The second-order valence-electron chi connectivity index (χ2n) is 6.44. The van der Waals surface area contributed by atoms with Gasteiger partial charge in [-0.1, -0.05) is 29.8 Å². The number of carbonyl (C=O) groups is 1. The largest absolute Gasteiger partial charge is 0.332 e. The lowest BCUT2D eigenvalue weighted by atomic mass is 10.2. The quantitative estimate of drug-likeness (QED) is 0.508. The number of thiocarbonyl (C=S) groups is 1. The molecule has 0 heterocycles. The van der Waals surface area contributed by atoms with Crippen LogP contribution < -0.4 is 14.9 Å². The SMILES string of the molecule is CCN(c1ccccc1)S(=O)(=O)c1ccc(NC(=S)NC(=O)c2ccc(Cl)cc2)cc1. The van der Waals surface area contributed by atoms with Crippen LogP contribution in [0.25, 0.3) is 0 Å². The molecule has 6 nitrogen and oxygen atoms in total. The van der Waals surface area contributed by atoms with Crippen molar-refractivity contribution in [3.8, 4) is 0 Å². The fourth-order valence-corrected chi connectivity index (χ4v) is 4.67. The van der Waals surface area contributed by atoms with Gasteiger partial charge < -0.3 is 5.32 Å². The van der Waals surface area contributed by atoms with Crippen LogP contribution in [0, 0.1) is 0 Å². The molecular formula is C22H20ClN3O3S2. The summed E-state index contributed by atoms with van der Waals surface area (Å²) in [6.45, 7) is 2.08. The summed E-state index contributed by atoms with van der Waals surface area (Å²) in [4.78, 5) is 12.4. The molecule has 0 fully saturated rings. The summed E-state index contributed by atoms with van der Waals surface area (Å²) in [5, 5.41) is 6.06. The molecule has 31 heavy (non-hydrogen) atoms. The molecule has 0 aromatic heterocycles. The Bertz CT molecular complexity index is 1170. The highest BCUT2D eigenvalue weighted by Crippen LogP contribution is 2.24. The smallest absolute Gasteiger partial charge is 0.264 e. The van der Waals surface area contributed by atoms with Gasteiger partial charge in [0.05, 0.1) is 10.6 Å². The van der Waals surface area contributed by atoms with Gasteiger partial charge >= 0.3 is 0 Å². The fourth-order valence-electron chi connectivity index (χ4n) is 2.86. The van der Waals surface area contributed by atoms with Crippen LogP contribution >= 0.6 is 23.8 Å². The van der Waals surface area contributed by atoms with Gasteiger partial charge in [-0.2, -0.15) is 0 Å².